The zero-order valence-corrected chi connectivity index (χ0v) is 41.7. The van der Waals surface area contributed by atoms with Crippen molar-refractivity contribution in [3.8, 4) is 0 Å². The number of hydrogen-bond donors (Lipinski definition) is 5. The SMILES string of the molecule is CCC(C(=O)[C@@H](C)[C@@H](O)[C@H](C)[C@@H]1O[C@@H]([C@@H](CC)C(=O)O)CC[C@@H]1C)[C@H]1O[C@]2(C=C[C@@H](NC(=S)Nc3cc(Cl)cc(Cl)c3)[C@]3(CC[C@@](C)([C@H]4CC[C@](O)(CC)[C@H](C)O4)O3)O2)[C@H](C)C[C@@H]1C. The van der Waals surface area contributed by atoms with Crippen LogP contribution >= 0.6 is 35.4 Å². The third-order valence-corrected chi connectivity index (χ3v) is 16.5. The Balaban J connectivity index is 1.25. The average Bonchev–Trinajstić information content (AvgIpc) is 3.58. The van der Waals surface area contributed by atoms with Crippen LogP contribution < -0.4 is 10.6 Å². The third kappa shape index (κ3) is 10.4. The lowest BCUT2D eigenvalue weighted by molar-refractivity contribution is -0.397. The van der Waals surface area contributed by atoms with E-state index in [1.165, 1.54) is 0 Å². The lowest BCUT2D eigenvalue weighted by Crippen LogP contribution is -2.66. The Kier molecular flexibility index (Phi) is 16.4. The normalized spacial score (nSPS) is 40.1. The lowest BCUT2D eigenvalue weighted by Gasteiger charge is -2.55. The molecule has 5 aliphatic rings. The number of carbonyl (C=O) groups is 2. The highest BCUT2D eigenvalue weighted by atomic mass is 35.5. The van der Waals surface area contributed by atoms with Gasteiger partial charge in [0.05, 0.1) is 53.7 Å². The third-order valence-electron chi connectivity index (χ3n) is 15.9. The maximum Gasteiger partial charge on any atom is 0.309 e. The summed E-state index contributed by atoms with van der Waals surface area (Å²) in [7, 11) is 0. The smallest absolute Gasteiger partial charge is 0.309 e. The van der Waals surface area contributed by atoms with Gasteiger partial charge in [-0.3, -0.25) is 9.59 Å². The number of aliphatic hydroxyl groups excluding tert-OH is 1. The molecule has 4 saturated heterocycles. The molecule has 1 unspecified atom stereocenters. The Morgan fingerprint density at radius 3 is 2.19 bits per heavy atom. The van der Waals surface area contributed by atoms with E-state index >= 15 is 0 Å². The molecule has 18 atom stereocenters. The molecule has 5 N–H and O–H groups in total. The van der Waals surface area contributed by atoms with Gasteiger partial charge in [0.2, 0.25) is 0 Å². The highest BCUT2D eigenvalue weighted by Gasteiger charge is 2.63. The van der Waals surface area contributed by atoms with Crippen LogP contribution in [0.3, 0.4) is 0 Å². The van der Waals surface area contributed by atoms with Crippen molar-refractivity contribution in [1.82, 2.24) is 5.32 Å². The number of carboxylic acid groups (broad SMARTS) is 1. The van der Waals surface area contributed by atoms with Crippen LogP contribution in [0.25, 0.3) is 0 Å². The zero-order valence-electron chi connectivity index (χ0n) is 39.4. The zero-order chi connectivity index (χ0) is 47.1. The molecule has 5 heterocycles. The monoisotopic (exact) mass is 952 g/mol. The number of carboxylic acids is 1. The number of halogens is 2. The van der Waals surface area contributed by atoms with Crippen molar-refractivity contribution in [2.45, 2.75) is 199 Å². The Hall–Kier alpha value is -1.91. The van der Waals surface area contributed by atoms with Crippen LogP contribution in [-0.2, 0) is 33.3 Å². The lowest BCUT2D eigenvalue weighted by atomic mass is 9.72. The first-order valence-electron chi connectivity index (χ1n) is 23.8. The molecule has 0 aliphatic carbocycles. The first-order chi connectivity index (χ1) is 30.0. The molecular formula is C49H74Cl2N2O10S. The largest absolute Gasteiger partial charge is 0.481 e. The molecule has 1 aromatic carbocycles. The van der Waals surface area contributed by atoms with Crippen molar-refractivity contribution in [1.29, 1.82) is 0 Å². The summed E-state index contributed by atoms with van der Waals surface area (Å²) in [6.45, 7) is 19.8. The van der Waals surface area contributed by atoms with Crippen LogP contribution in [0.5, 0.6) is 0 Å². The summed E-state index contributed by atoms with van der Waals surface area (Å²) in [5.74, 6) is -5.93. The van der Waals surface area contributed by atoms with Gasteiger partial charge < -0.3 is 49.6 Å². The summed E-state index contributed by atoms with van der Waals surface area (Å²) in [6.07, 6.45) is 6.74. The van der Waals surface area contributed by atoms with E-state index in [1.807, 2.05) is 46.8 Å². The summed E-state index contributed by atoms with van der Waals surface area (Å²) in [4.78, 5) is 26.8. The fraction of sp³-hybridized carbons (Fsp3) is 0.776. The van der Waals surface area contributed by atoms with Crippen LogP contribution in [0.15, 0.2) is 30.4 Å². The molecule has 0 aromatic heterocycles. The number of carbonyl (C=O) groups excluding carboxylic acids is 1. The molecule has 6 rings (SSSR count). The van der Waals surface area contributed by atoms with Crippen molar-refractivity contribution in [2.24, 2.45) is 41.4 Å². The Morgan fingerprint density at radius 1 is 0.906 bits per heavy atom. The van der Waals surface area contributed by atoms with Gasteiger partial charge in [0.1, 0.15) is 11.8 Å². The molecule has 0 amide bonds. The maximum absolute atomic E-state index is 14.7. The number of hydrogen-bond acceptors (Lipinski definition) is 10. The topological polar surface area (TPSA) is 165 Å². The van der Waals surface area contributed by atoms with Gasteiger partial charge in [-0.25, -0.2) is 0 Å². The van der Waals surface area contributed by atoms with E-state index in [0.29, 0.717) is 78.6 Å². The summed E-state index contributed by atoms with van der Waals surface area (Å²) in [5.41, 5.74) is -1.08. The minimum Gasteiger partial charge on any atom is -0.481 e. The molecule has 0 saturated carbocycles. The Morgan fingerprint density at radius 2 is 1.58 bits per heavy atom. The average molecular weight is 954 g/mol. The predicted octanol–water partition coefficient (Wildman–Crippen LogP) is 9.49. The van der Waals surface area contributed by atoms with Crippen molar-refractivity contribution < 1.29 is 48.6 Å². The minimum absolute atomic E-state index is 0.0185. The molecular weight excluding hydrogens is 880 g/mol. The second-order valence-corrected chi connectivity index (χ2v) is 21.5. The van der Waals surface area contributed by atoms with Crippen LogP contribution in [0.1, 0.15) is 133 Å². The quantitative estimate of drug-likeness (QED) is 0.0886. The number of benzene rings is 1. The summed E-state index contributed by atoms with van der Waals surface area (Å²) >= 11 is 18.5. The summed E-state index contributed by atoms with van der Waals surface area (Å²) < 4.78 is 34.8. The van der Waals surface area contributed by atoms with E-state index in [2.05, 4.69) is 38.3 Å². The number of aliphatic hydroxyl groups is 2. The fourth-order valence-corrected chi connectivity index (χ4v) is 12.4. The Bertz CT molecular complexity index is 1860. The number of thiocarbonyl (C=S) groups is 1. The van der Waals surface area contributed by atoms with E-state index in [0.717, 1.165) is 6.42 Å². The molecule has 360 valence electrons. The van der Waals surface area contributed by atoms with Crippen LogP contribution in [0.4, 0.5) is 5.69 Å². The summed E-state index contributed by atoms with van der Waals surface area (Å²) in [6, 6.07) is 4.53. The van der Waals surface area contributed by atoms with E-state index < -0.39 is 82.9 Å². The fourth-order valence-electron chi connectivity index (χ4n) is 11.6. The second kappa shape index (κ2) is 20.4. The van der Waals surface area contributed by atoms with Crippen LogP contribution in [0.2, 0.25) is 10.0 Å². The summed E-state index contributed by atoms with van der Waals surface area (Å²) in [5, 5.41) is 40.9. The van der Waals surface area contributed by atoms with Crippen LogP contribution in [0, 0.1) is 41.4 Å². The van der Waals surface area contributed by atoms with Gasteiger partial charge >= 0.3 is 5.97 Å². The van der Waals surface area contributed by atoms with Gasteiger partial charge in [-0.05, 0) is 120 Å². The van der Waals surface area contributed by atoms with Gasteiger partial charge in [0.25, 0.3) is 0 Å². The van der Waals surface area contributed by atoms with E-state index in [-0.39, 0.29) is 35.7 Å². The van der Waals surface area contributed by atoms with Crippen molar-refractivity contribution >= 4 is 58.0 Å². The maximum atomic E-state index is 14.7. The molecule has 15 heteroatoms. The van der Waals surface area contributed by atoms with Crippen molar-refractivity contribution in [2.75, 3.05) is 5.32 Å². The Labute approximate surface area is 396 Å². The van der Waals surface area contributed by atoms with E-state index in [4.69, 9.17) is 59.1 Å². The highest BCUT2D eigenvalue weighted by Crippen LogP contribution is 2.54. The predicted molar refractivity (Wildman–Crippen MR) is 252 cm³/mol. The second-order valence-electron chi connectivity index (χ2n) is 20.2. The number of aliphatic carboxylic acids is 1. The molecule has 5 aliphatic heterocycles. The van der Waals surface area contributed by atoms with Crippen molar-refractivity contribution in [3.05, 3.63) is 40.4 Å². The van der Waals surface area contributed by atoms with Gasteiger partial charge in [-0.15, -0.1) is 0 Å². The van der Waals surface area contributed by atoms with Gasteiger partial charge in [0.15, 0.2) is 16.7 Å². The first-order valence-corrected chi connectivity index (χ1v) is 25.0. The molecule has 4 fully saturated rings. The van der Waals surface area contributed by atoms with Gasteiger partial charge in [-0.2, -0.15) is 0 Å². The number of rotatable bonds is 14. The van der Waals surface area contributed by atoms with Gasteiger partial charge in [-0.1, -0.05) is 84.7 Å². The minimum atomic E-state index is -1.29. The number of anilines is 1. The molecule has 0 radical (unpaired) electrons. The standard InChI is InChI=1S/C49H74Cl2N2O10S/c1-11-35(44(56)57)37-15-14-26(4)42(60-37)30(8)40(54)29(7)41(55)36(12-2)43-27(5)22-28(6)48(61-43)19-16-38(53-45(64)52-34-24-32(50)23-33(51)25-34)49(63-48)21-20-46(10,62-49)39-17-18-47(58,13-3)31(9)59-39/h16,19,23-31,35-40,42-43,54,58H,11-15,17-18,20-22H2,1-10H3,(H,56,57)(H2,52,53,64)/t26-,27-,28+,29-,30-,31-,35+,36?,37+,38+,39+,40+,42+,43-,46-,47+,48-,49-/m0/s1. The first kappa shape index (κ1) is 51.5. The van der Waals surface area contributed by atoms with E-state index in [9.17, 15) is 24.9 Å². The van der Waals surface area contributed by atoms with Crippen molar-refractivity contribution in [3.63, 3.8) is 0 Å². The number of Topliss-reactive ketones (excluding diaryl/α,β-unsaturated/α-hetero) is 1. The molecule has 2 spiro atoms. The van der Waals surface area contributed by atoms with Crippen LogP contribution in [-0.4, -0.2) is 97.6 Å². The molecule has 0 bridgehead atoms. The number of nitrogens with one attached hydrogen (secondary N) is 2. The van der Waals surface area contributed by atoms with Gasteiger partial charge in [0, 0.05) is 45.8 Å². The molecule has 1 aromatic rings. The molecule has 12 nitrogen and oxygen atoms in total. The number of ether oxygens (including phenoxy) is 5. The molecule has 64 heavy (non-hydrogen) atoms. The highest BCUT2D eigenvalue weighted by molar-refractivity contribution is 7.80. The van der Waals surface area contributed by atoms with E-state index in [1.54, 1.807) is 25.1 Å². The number of ketones is 1.